The van der Waals surface area contributed by atoms with Gasteiger partial charge in [-0.2, -0.15) is 0 Å². The van der Waals surface area contributed by atoms with Crippen LogP contribution in [0.1, 0.15) is 38.6 Å². The molecule has 0 aliphatic heterocycles. The Kier molecular flexibility index (Phi) is 3.25. The summed E-state index contributed by atoms with van der Waals surface area (Å²) in [6, 6.07) is 5.25. The van der Waals surface area contributed by atoms with Gasteiger partial charge in [0.1, 0.15) is 11.6 Å². The van der Waals surface area contributed by atoms with E-state index < -0.39 is 0 Å². The molecule has 0 N–H and O–H groups in total. The minimum Gasteiger partial charge on any atom is -0.324 e. The molecule has 2 aromatic rings. The van der Waals surface area contributed by atoms with Gasteiger partial charge in [-0.15, -0.1) is 11.6 Å². The van der Waals surface area contributed by atoms with E-state index in [0.29, 0.717) is 29.3 Å². The summed E-state index contributed by atoms with van der Waals surface area (Å²) in [7, 11) is 0. The van der Waals surface area contributed by atoms with Crippen LogP contribution in [0.15, 0.2) is 18.2 Å². The van der Waals surface area contributed by atoms with Gasteiger partial charge in [0, 0.05) is 12.1 Å². The van der Waals surface area contributed by atoms with Crippen LogP contribution in [-0.4, -0.2) is 9.55 Å². The van der Waals surface area contributed by atoms with Gasteiger partial charge in [-0.05, 0) is 36.8 Å². The van der Waals surface area contributed by atoms with Crippen LogP contribution in [0, 0.1) is 17.7 Å². The maximum atomic E-state index is 13.3. The number of rotatable bonds is 2. The van der Waals surface area contributed by atoms with Crippen molar-refractivity contribution < 1.29 is 4.39 Å². The molecule has 1 fully saturated rings. The quantitative estimate of drug-likeness (QED) is 0.740. The first-order valence-electron chi connectivity index (χ1n) is 6.84. The van der Waals surface area contributed by atoms with Crippen LogP contribution < -0.4 is 0 Å². The molecule has 0 amide bonds. The maximum Gasteiger partial charge on any atom is 0.125 e. The van der Waals surface area contributed by atoms with E-state index in [9.17, 15) is 4.39 Å². The number of hydrogen-bond donors (Lipinski definition) is 0. The van der Waals surface area contributed by atoms with E-state index in [1.54, 1.807) is 0 Å². The fourth-order valence-corrected chi connectivity index (χ4v) is 3.48. The van der Waals surface area contributed by atoms with E-state index in [4.69, 9.17) is 11.6 Å². The van der Waals surface area contributed by atoms with Crippen LogP contribution in [0.2, 0.25) is 0 Å². The van der Waals surface area contributed by atoms with Crippen LogP contribution in [0.4, 0.5) is 4.39 Å². The monoisotopic (exact) mass is 280 g/mol. The molecule has 1 saturated carbocycles. The second-order valence-corrected chi connectivity index (χ2v) is 5.91. The topological polar surface area (TPSA) is 17.8 Å². The zero-order chi connectivity index (χ0) is 13.6. The Bertz CT molecular complexity index is 607. The average Bonchev–Trinajstić information content (AvgIpc) is 2.90. The van der Waals surface area contributed by atoms with Gasteiger partial charge in [0.15, 0.2) is 0 Å². The molecule has 0 spiro atoms. The summed E-state index contributed by atoms with van der Waals surface area (Å²) in [6.07, 6.45) is 2.38. The summed E-state index contributed by atoms with van der Waals surface area (Å²) < 4.78 is 15.5. The fraction of sp³-hybridized carbons (Fsp3) is 0.533. The van der Waals surface area contributed by atoms with Crippen molar-refractivity contribution in [3.05, 3.63) is 29.8 Å². The highest BCUT2D eigenvalue weighted by Gasteiger charge is 2.33. The van der Waals surface area contributed by atoms with Gasteiger partial charge in [0.2, 0.25) is 0 Å². The number of alkyl halides is 1. The molecule has 1 aromatic carbocycles. The molecule has 4 heteroatoms. The molecule has 1 aromatic heterocycles. The first-order valence-corrected chi connectivity index (χ1v) is 7.37. The predicted octanol–water partition coefficient (Wildman–Crippen LogP) is 4.52. The smallest absolute Gasteiger partial charge is 0.125 e. The van der Waals surface area contributed by atoms with Gasteiger partial charge in [0.25, 0.3) is 0 Å². The lowest BCUT2D eigenvalue weighted by Gasteiger charge is -2.22. The lowest BCUT2D eigenvalue weighted by molar-refractivity contribution is 0.354. The summed E-state index contributed by atoms with van der Waals surface area (Å²) in [5.41, 5.74) is 1.71. The van der Waals surface area contributed by atoms with Crippen LogP contribution in [0.3, 0.4) is 0 Å². The van der Waals surface area contributed by atoms with Crippen molar-refractivity contribution in [1.82, 2.24) is 9.55 Å². The summed E-state index contributed by atoms with van der Waals surface area (Å²) in [4.78, 5) is 4.49. The largest absolute Gasteiger partial charge is 0.324 e. The number of aromatic nitrogens is 2. The molecular formula is C15H18ClFN2. The van der Waals surface area contributed by atoms with Gasteiger partial charge in [0.05, 0.1) is 16.9 Å². The molecule has 3 atom stereocenters. The molecule has 3 unspecified atom stereocenters. The Morgan fingerprint density at radius 1 is 1.37 bits per heavy atom. The van der Waals surface area contributed by atoms with Crippen molar-refractivity contribution in [3.63, 3.8) is 0 Å². The van der Waals surface area contributed by atoms with Crippen molar-refractivity contribution in [3.8, 4) is 0 Å². The lowest BCUT2D eigenvalue weighted by atomic mass is 9.97. The Hall–Kier alpha value is -1.09. The fourth-order valence-electron chi connectivity index (χ4n) is 3.29. The molecule has 19 heavy (non-hydrogen) atoms. The first-order chi connectivity index (χ1) is 9.11. The molecule has 1 heterocycles. The van der Waals surface area contributed by atoms with Gasteiger partial charge < -0.3 is 4.57 Å². The Labute approximate surface area is 117 Å². The molecule has 1 aliphatic rings. The van der Waals surface area contributed by atoms with Crippen LogP contribution in [-0.2, 0) is 5.88 Å². The first kappa shape index (κ1) is 12.9. The number of nitrogens with zero attached hydrogens (tertiary/aromatic N) is 2. The third kappa shape index (κ3) is 2.04. The van der Waals surface area contributed by atoms with Gasteiger partial charge in [-0.3, -0.25) is 0 Å². The maximum absolute atomic E-state index is 13.3. The second kappa shape index (κ2) is 4.78. The highest BCUT2D eigenvalue weighted by Crippen LogP contribution is 2.42. The highest BCUT2D eigenvalue weighted by atomic mass is 35.5. The van der Waals surface area contributed by atoms with E-state index in [1.165, 1.54) is 18.6 Å². The van der Waals surface area contributed by atoms with Gasteiger partial charge in [-0.25, -0.2) is 9.37 Å². The standard InChI is InChI=1S/C15H18ClFN2/c1-9-3-5-13(10(9)2)19-14-6-4-11(17)7-12(14)18-15(19)8-16/h4,6-7,9-10,13H,3,5,8H2,1-2H3. The minimum atomic E-state index is -0.244. The third-order valence-electron chi connectivity index (χ3n) is 4.60. The SMILES string of the molecule is CC1CCC(n2c(CCl)nc3cc(F)ccc32)C1C. The average molecular weight is 281 g/mol. The molecule has 102 valence electrons. The summed E-state index contributed by atoms with van der Waals surface area (Å²) >= 11 is 6.03. The number of imidazole rings is 1. The van der Waals surface area contributed by atoms with E-state index in [2.05, 4.69) is 23.4 Å². The third-order valence-corrected chi connectivity index (χ3v) is 4.84. The summed E-state index contributed by atoms with van der Waals surface area (Å²) in [5.74, 6) is 2.29. The molecular weight excluding hydrogens is 263 g/mol. The Morgan fingerprint density at radius 3 is 2.79 bits per heavy atom. The summed E-state index contributed by atoms with van der Waals surface area (Å²) in [6.45, 7) is 4.58. The van der Waals surface area contributed by atoms with Crippen LogP contribution in [0.25, 0.3) is 11.0 Å². The highest BCUT2D eigenvalue weighted by molar-refractivity contribution is 6.16. The molecule has 1 aliphatic carbocycles. The number of fused-ring (bicyclic) bond motifs is 1. The molecule has 0 bridgehead atoms. The predicted molar refractivity (Wildman–Crippen MR) is 75.8 cm³/mol. The number of halogens is 2. The molecule has 0 radical (unpaired) electrons. The zero-order valence-corrected chi connectivity index (χ0v) is 12.0. The second-order valence-electron chi connectivity index (χ2n) is 5.65. The van der Waals surface area contributed by atoms with Crippen molar-refractivity contribution in [1.29, 1.82) is 0 Å². The lowest BCUT2D eigenvalue weighted by Crippen LogP contribution is -2.16. The number of benzene rings is 1. The van der Waals surface area contributed by atoms with E-state index >= 15 is 0 Å². The molecule has 3 rings (SSSR count). The van der Waals surface area contributed by atoms with Crippen LogP contribution >= 0.6 is 11.6 Å². The van der Waals surface area contributed by atoms with Gasteiger partial charge in [-0.1, -0.05) is 13.8 Å². The minimum absolute atomic E-state index is 0.244. The van der Waals surface area contributed by atoms with Crippen molar-refractivity contribution >= 4 is 22.6 Å². The normalized spacial score (nSPS) is 27.3. The van der Waals surface area contributed by atoms with Crippen LogP contribution in [0.5, 0.6) is 0 Å². The van der Waals surface area contributed by atoms with E-state index in [1.807, 2.05) is 6.07 Å². The Balaban J connectivity index is 2.16. The number of hydrogen-bond acceptors (Lipinski definition) is 1. The van der Waals surface area contributed by atoms with Crippen molar-refractivity contribution in [2.45, 2.75) is 38.6 Å². The van der Waals surface area contributed by atoms with Gasteiger partial charge >= 0.3 is 0 Å². The summed E-state index contributed by atoms with van der Waals surface area (Å²) in [5, 5.41) is 0. The zero-order valence-electron chi connectivity index (χ0n) is 11.2. The van der Waals surface area contributed by atoms with Crippen molar-refractivity contribution in [2.24, 2.45) is 11.8 Å². The molecule has 2 nitrogen and oxygen atoms in total. The molecule has 0 saturated heterocycles. The van der Waals surface area contributed by atoms with Crippen molar-refractivity contribution in [2.75, 3.05) is 0 Å². The van der Waals surface area contributed by atoms with E-state index in [0.717, 1.165) is 17.8 Å². The van der Waals surface area contributed by atoms with E-state index in [-0.39, 0.29) is 5.82 Å². The Morgan fingerprint density at radius 2 is 2.16 bits per heavy atom.